The lowest BCUT2D eigenvalue weighted by Gasteiger charge is -2.15. The lowest BCUT2D eigenvalue weighted by Crippen LogP contribution is -2.42. The van der Waals surface area contributed by atoms with Crippen molar-refractivity contribution in [2.45, 2.75) is 13.5 Å². The number of carbonyl (C=O) groups is 2. The van der Waals surface area contributed by atoms with Gasteiger partial charge in [0, 0.05) is 18.5 Å². The van der Waals surface area contributed by atoms with E-state index in [0.717, 1.165) is 0 Å². The third kappa shape index (κ3) is 4.54. The van der Waals surface area contributed by atoms with Crippen LogP contribution in [0, 0.1) is 6.92 Å². The molecule has 3 amide bonds. The Balaban J connectivity index is 2.39. The van der Waals surface area contributed by atoms with Crippen molar-refractivity contribution in [2.24, 2.45) is 0 Å². The number of carbonyl (C=O) groups excluding carboxylic acids is 2. The van der Waals surface area contributed by atoms with Gasteiger partial charge in [-0.2, -0.15) is 0 Å². The summed E-state index contributed by atoms with van der Waals surface area (Å²) in [4.78, 5) is 25.4. The van der Waals surface area contributed by atoms with Gasteiger partial charge in [0.1, 0.15) is 0 Å². The van der Waals surface area contributed by atoms with Crippen molar-refractivity contribution in [1.29, 1.82) is 0 Å². The molecule has 0 atom stereocenters. The normalized spacial score (nSPS) is 10.4. The number of urea groups is 1. The van der Waals surface area contributed by atoms with E-state index in [4.69, 9.17) is 0 Å². The second-order valence-electron chi connectivity index (χ2n) is 3.83. The first-order valence-electron chi connectivity index (χ1n) is 5.26. The Labute approximate surface area is 105 Å². The molecule has 1 rings (SSSR count). The van der Waals surface area contributed by atoms with Crippen LogP contribution in [0.4, 0.5) is 4.79 Å². The first kappa shape index (κ1) is 13.7. The Morgan fingerprint density at radius 1 is 1.47 bits per heavy atom. The molecule has 0 spiro atoms. The van der Waals surface area contributed by atoms with Crippen LogP contribution in [-0.2, 0) is 11.3 Å². The molecule has 0 aromatic carbocycles. The van der Waals surface area contributed by atoms with Crippen molar-refractivity contribution in [3.05, 3.63) is 21.9 Å². The SMILES string of the molecule is CNC(=O)NC(=O)CN(C)Cc1sccc1C. The van der Waals surface area contributed by atoms with Crippen LogP contribution in [0.15, 0.2) is 11.4 Å². The van der Waals surface area contributed by atoms with Gasteiger partial charge < -0.3 is 5.32 Å². The molecule has 0 saturated heterocycles. The second-order valence-corrected chi connectivity index (χ2v) is 4.83. The van der Waals surface area contributed by atoms with Crippen LogP contribution in [0.5, 0.6) is 0 Å². The zero-order valence-corrected chi connectivity index (χ0v) is 11.1. The highest BCUT2D eigenvalue weighted by Gasteiger charge is 2.10. The van der Waals surface area contributed by atoms with Gasteiger partial charge in [0.15, 0.2) is 0 Å². The fourth-order valence-corrected chi connectivity index (χ4v) is 2.33. The van der Waals surface area contributed by atoms with Gasteiger partial charge in [0.05, 0.1) is 6.54 Å². The van der Waals surface area contributed by atoms with Crippen molar-refractivity contribution in [3.63, 3.8) is 0 Å². The molecule has 17 heavy (non-hydrogen) atoms. The third-order valence-electron chi connectivity index (χ3n) is 2.28. The monoisotopic (exact) mass is 255 g/mol. The Hall–Kier alpha value is -1.40. The van der Waals surface area contributed by atoms with Crippen molar-refractivity contribution in [1.82, 2.24) is 15.5 Å². The summed E-state index contributed by atoms with van der Waals surface area (Å²) in [5.74, 6) is -0.305. The molecule has 1 aromatic heterocycles. The van der Waals surface area contributed by atoms with Gasteiger partial charge in [-0.3, -0.25) is 15.0 Å². The zero-order chi connectivity index (χ0) is 12.8. The number of rotatable bonds is 4. The summed E-state index contributed by atoms with van der Waals surface area (Å²) in [5.41, 5.74) is 1.23. The van der Waals surface area contributed by atoms with Crippen molar-refractivity contribution < 1.29 is 9.59 Å². The van der Waals surface area contributed by atoms with Crippen LogP contribution in [0.25, 0.3) is 0 Å². The molecule has 0 radical (unpaired) electrons. The van der Waals surface area contributed by atoms with E-state index >= 15 is 0 Å². The third-order valence-corrected chi connectivity index (χ3v) is 3.28. The first-order valence-corrected chi connectivity index (χ1v) is 6.14. The van der Waals surface area contributed by atoms with E-state index in [-0.39, 0.29) is 12.5 Å². The molecule has 0 aliphatic rings. The zero-order valence-electron chi connectivity index (χ0n) is 10.2. The van der Waals surface area contributed by atoms with Gasteiger partial charge in [-0.25, -0.2) is 4.79 Å². The van der Waals surface area contributed by atoms with Crippen molar-refractivity contribution >= 4 is 23.3 Å². The summed E-state index contributed by atoms with van der Waals surface area (Å²) < 4.78 is 0. The molecule has 0 saturated carbocycles. The minimum absolute atomic E-state index is 0.199. The van der Waals surface area contributed by atoms with Gasteiger partial charge in [0.2, 0.25) is 5.91 Å². The minimum Gasteiger partial charge on any atom is -0.341 e. The summed E-state index contributed by atoms with van der Waals surface area (Å²) in [6.07, 6.45) is 0. The Kier molecular flexibility index (Phi) is 5.11. The summed E-state index contributed by atoms with van der Waals surface area (Å²) in [6.45, 7) is 2.96. The minimum atomic E-state index is -0.476. The molecule has 6 heteroatoms. The lowest BCUT2D eigenvalue weighted by molar-refractivity contribution is -0.120. The summed E-state index contributed by atoms with van der Waals surface area (Å²) in [7, 11) is 3.32. The number of likely N-dealkylation sites (N-methyl/N-ethyl adjacent to an activating group) is 1. The summed E-state index contributed by atoms with van der Waals surface area (Å²) in [5, 5.41) is 6.59. The number of imide groups is 1. The highest BCUT2D eigenvalue weighted by Crippen LogP contribution is 2.16. The average molecular weight is 255 g/mol. The predicted molar refractivity (Wildman–Crippen MR) is 68.0 cm³/mol. The number of hydrogen-bond donors (Lipinski definition) is 2. The van der Waals surface area contributed by atoms with Crippen LogP contribution in [0.2, 0.25) is 0 Å². The van der Waals surface area contributed by atoms with E-state index in [1.165, 1.54) is 17.5 Å². The molecule has 1 aromatic rings. The average Bonchev–Trinajstić information content (AvgIpc) is 2.63. The van der Waals surface area contributed by atoms with E-state index < -0.39 is 6.03 Å². The maximum Gasteiger partial charge on any atom is 0.321 e. The Bertz CT molecular complexity index is 403. The quantitative estimate of drug-likeness (QED) is 0.842. The maximum absolute atomic E-state index is 11.4. The maximum atomic E-state index is 11.4. The van der Waals surface area contributed by atoms with Crippen LogP contribution < -0.4 is 10.6 Å². The number of nitrogens with zero attached hydrogens (tertiary/aromatic N) is 1. The van der Waals surface area contributed by atoms with E-state index in [0.29, 0.717) is 6.54 Å². The fraction of sp³-hybridized carbons (Fsp3) is 0.455. The fourth-order valence-electron chi connectivity index (χ4n) is 1.34. The van der Waals surface area contributed by atoms with Crippen LogP contribution in [-0.4, -0.2) is 37.5 Å². The molecule has 2 N–H and O–H groups in total. The number of nitrogens with one attached hydrogen (secondary N) is 2. The number of thiophene rings is 1. The topological polar surface area (TPSA) is 61.4 Å². The first-order chi connectivity index (χ1) is 8.02. The molecule has 0 aliphatic carbocycles. The molecule has 0 bridgehead atoms. The molecular weight excluding hydrogens is 238 g/mol. The molecule has 0 aliphatic heterocycles. The summed E-state index contributed by atoms with van der Waals surface area (Å²) in [6, 6.07) is 1.58. The number of aryl methyl sites for hydroxylation is 1. The lowest BCUT2D eigenvalue weighted by atomic mass is 10.3. The molecule has 0 unspecified atom stereocenters. The number of amides is 3. The van der Waals surface area contributed by atoms with Gasteiger partial charge in [-0.15, -0.1) is 11.3 Å². The highest BCUT2D eigenvalue weighted by molar-refractivity contribution is 7.10. The smallest absolute Gasteiger partial charge is 0.321 e. The largest absolute Gasteiger partial charge is 0.341 e. The van der Waals surface area contributed by atoms with E-state index in [1.54, 1.807) is 11.3 Å². The molecule has 94 valence electrons. The number of hydrogen-bond acceptors (Lipinski definition) is 4. The molecule has 1 heterocycles. The second kappa shape index (κ2) is 6.36. The van der Waals surface area contributed by atoms with E-state index in [9.17, 15) is 9.59 Å². The summed E-state index contributed by atoms with van der Waals surface area (Å²) >= 11 is 1.67. The van der Waals surface area contributed by atoms with Gasteiger partial charge >= 0.3 is 6.03 Å². The standard InChI is InChI=1S/C11H17N3O2S/c1-8-4-5-17-9(8)6-14(3)7-10(15)13-11(16)12-2/h4-5H,6-7H2,1-3H3,(H2,12,13,15,16). The predicted octanol–water partition coefficient (Wildman–Crippen LogP) is 0.944. The van der Waals surface area contributed by atoms with Crippen LogP contribution in [0.3, 0.4) is 0 Å². The van der Waals surface area contributed by atoms with Gasteiger partial charge in [-0.05, 0) is 31.0 Å². The van der Waals surface area contributed by atoms with Crippen LogP contribution in [0.1, 0.15) is 10.4 Å². The van der Waals surface area contributed by atoms with Crippen molar-refractivity contribution in [3.8, 4) is 0 Å². The van der Waals surface area contributed by atoms with E-state index in [1.807, 2.05) is 24.3 Å². The highest BCUT2D eigenvalue weighted by atomic mass is 32.1. The molecule has 5 nitrogen and oxygen atoms in total. The van der Waals surface area contributed by atoms with Crippen molar-refractivity contribution in [2.75, 3.05) is 20.6 Å². The Morgan fingerprint density at radius 2 is 2.18 bits per heavy atom. The van der Waals surface area contributed by atoms with Crippen LogP contribution >= 0.6 is 11.3 Å². The molecular formula is C11H17N3O2S. The van der Waals surface area contributed by atoms with Gasteiger partial charge in [-0.1, -0.05) is 0 Å². The Morgan fingerprint density at radius 3 is 2.71 bits per heavy atom. The van der Waals surface area contributed by atoms with Gasteiger partial charge in [0.25, 0.3) is 0 Å². The van der Waals surface area contributed by atoms with E-state index in [2.05, 4.69) is 16.7 Å². The molecule has 0 fully saturated rings.